The smallest absolute Gasteiger partial charge is 0.166 e. The fourth-order valence-electron chi connectivity index (χ4n) is 1.07. The highest BCUT2D eigenvalue weighted by Gasteiger charge is 2.02. The fourth-order valence-corrected chi connectivity index (χ4v) is 2.86. The van der Waals surface area contributed by atoms with E-state index >= 15 is 0 Å². The number of hydrogen-bond acceptors (Lipinski definition) is 5. The van der Waals surface area contributed by atoms with Crippen molar-refractivity contribution < 1.29 is 0 Å². The molecule has 3 N–H and O–H groups in total. The molecule has 0 spiro atoms. The second-order valence-electron chi connectivity index (χ2n) is 2.73. The first-order chi connectivity index (χ1) is 6.90. The standard InChI is InChI=1S/C9H11N3S2/c10-5-6-11-14-9-12-7-3-1-2-4-8(7)13-9/h1-4,11H,5-6,10H2. The minimum atomic E-state index is 0.651. The van der Waals surface area contributed by atoms with Gasteiger partial charge in [0.2, 0.25) is 0 Å². The number of thiazole rings is 1. The van der Waals surface area contributed by atoms with Crippen LogP contribution in [-0.2, 0) is 0 Å². The number of nitrogens with two attached hydrogens (primary N) is 1. The first kappa shape index (κ1) is 9.92. The Morgan fingerprint density at radius 3 is 3.07 bits per heavy atom. The quantitative estimate of drug-likeness (QED) is 0.616. The zero-order valence-corrected chi connectivity index (χ0v) is 9.20. The minimum absolute atomic E-state index is 0.651. The molecular formula is C9H11N3S2. The van der Waals surface area contributed by atoms with Crippen molar-refractivity contribution in [1.82, 2.24) is 9.71 Å². The Kier molecular flexibility index (Phi) is 3.36. The minimum Gasteiger partial charge on any atom is -0.329 e. The van der Waals surface area contributed by atoms with Gasteiger partial charge in [-0.15, -0.1) is 11.3 Å². The van der Waals surface area contributed by atoms with E-state index in [-0.39, 0.29) is 0 Å². The topological polar surface area (TPSA) is 50.9 Å². The first-order valence-corrected chi connectivity index (χ1v) is 5.99. The molecule has 2 rings (SSSR count). The van der Waals surface area contributed by atoms with E-state index in [0.717, 1.165) is 16.4 Å². The number of hydrogen-bond donors (Lipinski definition) is 2. The van der Waals surface area contributed by atoms with Crippen LogP contribution in [0, 0.1) is 0 Å². The molecule has 0 fully saturated rings. The van der Waals surface area contributed by atoms with Gasteiger partial charge in [-0.25, -0.2) is 4.98 Å². The van der Waals surface area contributed by atoms with Gasteiger partial charge in [-0.05, 0) is 24.1 Å². The fraction of sp³-hybridized carbons (Fsp3) is 0.222. The zero-order valence-electron chi connectivity index (χ0n) is 7.56. The van der Waals surface area contributed by atoms with Crippen molar-refractivity contribution in [1.29, 1.82) is 0 Å². The van der Waals surface area contributed by atoms with E-state index in [1.165, 1.54) is 4.70 Å². The Bertz CT molecular complexity index is 380. The third-order valence-electron chi connectivity index (χ3n) is 1.68. The molecule has 0 bridgehead atoms. The van der Waals surface area contributed by atoms with Crippen LogP contribution in [-0.4, -0.2) is 18.1 Å². The number of nitrogens with one attached hydrogen (secondary N) is 1. The summed E-state index contributed by atoms with van der Waals surface area (Å²) >= 11 is 3.24. The number of benzene rings is 1. The predicted molar refractivity (Wildman–Crippen MR) is 62.5 cm³/mol. The van der Waals surface area contributed by atoms with Crippen molar-refractivity contribution in [3.05, 3.63) is 24.3 Å². The van der Waals surface area contributed by atoms with Gasteiger partial charge in [-0.3, -0.25) is 4.72 Å². The molecule has 1 aromatic heterocycles. The summed E-state index contributed by atoms with van der Waals surface area (Å²) in [6.45, 7) is 1.46. The number of fused-ring (bicyclic) bond motifs is 1. The summed E-state index contributed by atoms with van der Waals surface area (Å²) < 4.78 is 5.42. The Hall–Kier alpha value is -0.620. The molecule has 0 aliphatic carbocycles. The SMILES string of the molecule is NCCNSc1nc2ccccc2s1. The Morgan fingerprint density at radius 1 is 1.43 bits per heavy atom. The van der Waals surface area contributed by atoms with E-state index in [0.29, 0.717) is 6.54 Å². The van der Waals surface area contributed by atoms with Gasteiger partial charge in [-0.2, -0.15) is 0 Å². The average Bonchev–Trinajstić information content (AvgIpc) is 2.60. The molecule has 0 radical (unpaired) electrons. The van der Waals surface area contributed by atoms with Gasteiger partial charge in [0.15, 0.2) is 4.34 Å². The lowest BCUT2D eigenvalue weighted by atomic mass is 10.3. The summed E-state index contributed by atoms with van der Waals surface area (Å²) in [6.07, 6.45) is 0. The van der Waals surface area contributed by atoms with Crippen LogP contribution in [0.25, 0.3) is 10.2 Å². The maximum atomic E-state index is 5.37. The van der Waals surface area contributed by atoms with Crippen LogP contribution < -0.4 is 10.5 Å². The van der Waals surface area contributed by atoms with E-state index in [9.17, 15) is 0 Å². The van der Waals surface area contributed by atoms with Gasteiger partial charge >= 0.3 is 0 Å². The van der Waals surface area contributed by atoms with Crippen molar-refractivity contribution in [3.63, 3.8) is 0 Å². The lowest BCUT2D eigenvalue weighted by molar-refractivity contribution is 0.916. The van der Waals surface area contributed by atoms with Crippen LogP contribution in [0.4, 0.5) is 0 Å². The van der Waals surface area contributed by atoms with Crippen molar-refractivity contribution in [2.75, 3.05) is 13.1 Å². The van der Waals surface area contributed by atoms with Crippen LogP contribution in [0.15, 0.2) is 28.6 Å². The van der Waals surface area contributed by atoms with Crippen molar-refractivity contribution >= 4 is 33.5 Å². The predicted octanol–water partition coefficient (Wildman–Crippen LogP) is 1.85. The highest BCUT2D eigenvalue weighted by molar-refractivity contribution is 7.99. The largest absolute Gasteiger partial charge is 0.329 e. The molecular weight excluding hydrogens is 214 g/mol. The van der Waals surface area contributed by atoms with E-state index < -0.39 is 0 Å². The molecule has 0 aliphatic heterocycles. The number of nitrogens with zero attached hydrogens (tertiary/aromatic N) is 1. The lowest BCUT2D eigenvalue weighted by Gasteiger charge is -1.95. The molecule has 0 unspecified atom stereocenters. The van der Waals surface area contributed by atoms with Crippen molar-refractivity contribution in [3.8, 4) is 0 Å². The van der Waals surface area contributed by atoms with Crippen LogP contribution in [0.5, 0.6) is 0 Å². The van der Waals surface area contributed by atoms with Gasteiger partial charge in [0.25, 0.3) is 0 Å². The summed E-state index contributed by atoms with van der Waals surface area (Å²) in [5.74, 6) is 0. The lowest BCUT2D eigenvalue weighted by Crippen LogP contribution is -2.15. The van der Waals surface area contributed by atoms with Crippen LogP contribution in [0.2, 0.25) is 0 Å². The highest BCUT2D eigenvalue weighted by Crippen LogP contribution is 2.27. The second kappa shape index (κ2) is 4.75. The summed E-state index contributed by atoms with van der Waals surface area (Å²) in [7, 11) is 0. The van der Waals surface area contributed by atoms with Gasteiger partial charge in [0.05, 0.1) is 10.2 Å². The van der Waals surface area contributed by atoms with Gasteiger partial charge in [-0.1, -0.05) is 12.1 Å². The molecule has 3 nitrogen and oxygen atoms in total. The molecule has 0 amide bonds. The van der Waals surface area contributed by atoms with E-state index in [4.69, 9.17) is 5.73 Å². The number of aromatic nitrogens is 1. The second-order valence-corrected chi connectivity index (χ2v) is 4.90. The van der Waals surface area contributed by atoms with Crippen molar-refractivity contribution in [2.24, 2.45) is 5.73 Å². The summed E-state index contributed by atoms with van der Waals surface area (Å²) in [6, 6.07) is 8.14. The molecule has 0 saturated carbocycles. The molecule has 1 heterocycles. The van der Waals surface area contributed by atoms with Crippen LogP contribution in [0.1, 0.15) is 0 Å². The van der Waals surface area contributed by atoms with E-state index in [1.807, 2.05) is 18.2 Å². The summed E-state index contributed by atoms with van der Waals surface area (Å²) in [5.41, 5.74) is 6.44. The van der Waals surface area contributed by atoms with E-state index in [1.54, 1.807) is 23.3 Å². The molecule has 14 heavy (non-hydrogen) atoms. The van der Waals surface area contributed by atoms with Crippen molar-refractivity contribution in [2.45, 2.75) is 4.34 Å². The average molecular weight is 225 g/mol. The normalized spacial score (nSPS) is 10.9. The Labute approximate surface area is 90.9 Å². The number of para-hydroxylation sites is 1. The Balaban J connectivity index is 2.11. The van der Waals surface area contributed by atoms with E-state index in [2.05, 4.69) is 15.8 Å². The Morgan fingerprint density at radius 2 is 2.29 bits per heavy atom. The van der Waals surface area contributed by atoms with Crippen LogP contribution >= 0.6 is 23.3 Å². The molecule has 5 heteroatoms. The zero-order chi connectivity index (χ0) is 9.80. The van der Waals surface area contributed by atoms with Gasteiger partial charge < -0.3 is 5.73 Å². The molecule has 1 aromatic carbocycles. The van der Waals surface area contributed by atoms with Gasteiger partial charge in [0.1, 0.15) is 0 Å². The maximum Gasteiger partial charge on any atom is 0.166 e. The molecule has 0 saturated heterocycles. The third kappa shape index (κ3) is 2.24. The molecule has 0 aliphatic rings. The highest BCUT2D eigenvalue weighted by atomic mass is 32.2. The number of rotatable bonds is 4. The monoisotopic (exact) mass is 225 g/mol. The summed E-state index contributed by atoms with van der Waals surface area (Å²) in [5, 5.41) is 0. The molecule has 0 atom stereocenters. The third-order valence-corrected chi connectivity index (χ3v) is 3.63. The summed E-state index contributed by atoms with van der Waals surface area (Å²) in [4.78, 5) is 4.46. The first-order valence-electron chi connectivity index (χ1n) is 4.35. The molecule has 74 valence electrons. The van der Waals surface area contributed by atoms with Gasteiger partial charge in [0, 0.05) is 13.1 Å². The molecule has 2 aromatic rings. The van der Waals surface area contributed by atoms with Crippen LogP contribution in [0.3, 0.4) is 0 Å². The maximum absolute atomic E-state index is 5.37.